The highest BCUT2D eigenvalue weighted by Crippen LogP contribution is 2.45. The maximum atomic E-state index is 13.6. The van der Waals surface area contributed by atoms with Gasteiger partial charge in [-0.25, -0.2) is 0 Å². The summed E-state index contributed by atoms with van der Waals surface area (Å²) in [6.07, 6.45) is 1.69. The van der Waals surface area contributed by atoms with E-state index in [0.29, 0.717) is 35.2 Å². The third kappa shape index (κ3) is 3.71. The first-order valence-electron chi connectivity index (χ1n) is 11.3. The van der Waals surface area contributed by atoms with Crippen molar-refractivity contribution >= 4 is 23.2 Å². The lowest BCUT2D eigenvalue weighted by Crippen LogP contribution is -2.42. The molecular formula is C28H26N2O4. The number of carbonyl (C=O) groups excluding carboxylic acids is 2. The minimum absolute atomic E-state index is 0.0293. The topological polar surface area (TPSA) is 67.9 Å². The fraction of sp³-hybridized carbons (Fsp3) is 0.214. The van der Waals surface area contributed by atoms with E-state index >= 15 is 0 Å². The number of carbonyl (C=O) groups is 2. The van der Waals surface area contributed by atoms with Crippen LogP contribution in [0.2, 0.25) is 0 Å². The number of ether oxygens (including phenoxy) is 2. The van der Waals surface area contributed by atoms with Crippen LogP contribution in [0, 0.1) is 5.41 Å². The number of rotatable bonds is 4. The monoisotopic (exact) mass is 454 g/mol. The highest BCUT2D eigenvalue weighted by Gasteiger charge is 2.38. The van der Waals surface area contributed by atoms with Crippen molar-refractivity contribution in [3.05, 3.63) is 90.5 Å². The zero-order chi connectivity index (χ0) is 23.9. The van der Waals surface area contributed by atoms with Gasteiger partial charge in [0.15, 0.2) is 0 Å². The molecule has 0 aliphatic carbocycles. The SMILES string of the molecule is C=CCN1C(=O)C(C)(C)COc2cc(NC(=O)C3c4ccccc4Oc4ccccc43)ccc21. The van der Waals surface area contributed by atoms with E-state index in [-0.39, 0.29) is 18.4 Å². The van der Waals surface area contributed by atoms with Crippen molar-refractivity contribution in [3.8, 4) is 17.2 Å². The largest absolute Gasteiger partial charge is 0.490 e. The van der Waals surface area contributed by atoms with Crippen molar-refractivity contribution in [2.24, 2.45) is 5.41 Å². The van der Waals surface area contributed by atoms with Crippen molar-refractivity contribution in [3.63, 3.8) is 0 Å². The lowest BCUT2D eigenvalue weighted by Gasteiger charge is -2.28. The molecule has 1 N–H and O–H groups in total. The zero-order valence-corrected chi connectivity index (χ0v) is 19.2. The van der Waals surface area contributed by atoms with E-state index < -0.39 is 11.3 Å². The van der Waals surface area contributed by atoms with E-state index in [9.17, 15) is 9.59 Å². The van der Waals surface area contributed by atoms with E-state index in [1.807, 2.05) is 62.4 Å². The number of nitrogens with zero attached hydrogens (tertiary/aromatic N) is 1. The lowest BCUT2D eigenvalue weighted by atomic mass is 9.87. The van der Waals surface area contributed by atoms with Crippen molar-refractivity contribution in [2.45, 2.75) is 19.8 Å². The number of fused-ring (bicyclic) bond motifs is 3. The van der Waals surface area contributed by atoms with Crippen LogP contribution in [0.5, 0.6) is 17.2 Å². The third-order valence-corrected chi connectivity index (χ3v) is 6.18. The molecule has 3 aromatic rings. The number of hydrogen-bond acceptors (Lipinski definition) is 4. The smallest absolute Gasteiger partial charge is 0.236 e. The molecule has 2 aliphatic rings. The third-order valence-electron chi connectivity index (χ3n) is 6.18. The first kappa shape index (κ1) is 21.8. The molecule has 2 aliphatic heterocycles. The van der Waals surface area contributed by atoms with Gasteiger partial charge >= 0.3 is 0 Å². The molecule has 172 valence electrons. The summed E-state index contributed by atoms with van der Waals surface area (Å²) in [5.74, 6) is 1.18. The highest BCUT2D eigenvalue weighted by atomic mass is 16.5. The van der Waals surface area contributed by atoms with E-state index in [1.165, 1.54) is 0 Å². The summed E-state index contributed by atoms with van der Waals surface area (Å²) in [5.41, 5.74) is 2.20. The van der Waals surface area contributed by atoms with Gasteiger partial charge in [-0.05, 0) is 38.1 Å². The summed E-state index contributed by atoms with van der Waals surface area (Å²) in [4.78, 5) is 28.3. The molecule has 2 heterocycles. The molecule has 6 heteroatoms. The quantitative estimate of drug-likeness (QED) is 0.529. The van der Waals surface area contributed by atoms with Crippen LogP contribution >= 0.6 is 0 Å². The Morgan fingerprint density at radius 3 is 2.35 bits per heavy atom. The van der Waals surface area contributed by atoms with Crippen molar-refractivity contribution in [1.82, 2.24) is 0 Å². The second-order valence-electron chi connectivity index (χ2n) is 9.16. The highest BCUT2D eigenvalue weighted by molar-refractivity contribution is 6.02. The molecule has 0 bridgehead atoms. The maximum Gasteiger partial charge on any atom is 0.236 e. The van der Waals surface area contributed by atoms with Gasteiger partial charge in [0.05, 0.1) is 17.0 Å². The predicted molar refractivity (Wildman–Crippen MR) is 132 cm³/mol. The fourth-order valence-electron chi connectivity index (χ4n) is 4.44. The first-order valence-corrected chi connectivity index (χ1v) is 11.3. The minimum atomic E-state index is -0.680. The number of amides is 2. The second kappa shape index (κ2) is 8.37. The van der Waals surface area contributed by atoms with Gasteiger partial charge in [0.1, 0.15) is 23.9 Å². The van der Waals surface area contributed by atoms with Crippen LogP contribution in [-0.4, -0.2) is 25.0 Å². The molecule has 3 aromatic carbocycles. The summed E-state index contributed by atoms with van der Waals surface area (Å²) < 4.78 is 12.0. The van der Waals surface area contributed by atoms with Gasteiger partial charge in [-0.15, -0.1) is 6.58 Å². The van der Waals surface area contributed by atoms with E-state index in [1.54, 1.807) is 29.2 Å². The Kier molecular flexibility index (Phi) is 5.36. The molecule has 0 radical (unpaired) electrons. The van der Waals surface area contributed by atoms with Crippen LogP contribution in [0.3, 0.4) is 0 Å². The molecule has 0 fully saturated rings. The Hall–Kier alpha value is -4.06. The number of para-hydroxylation sites is 2. The minimum Gasteiger partial charge on any atom is -0.490 e. The summed E-state index contributed by atoms with van der Waals surface area (Å²) in [7, 11) is 0. The van der Waals surface area contributed by atoms with Gasteiger partial charge in [-0.2, -0.15) is 0 Å². The summed E-state index contributed by atoms with van der Waals surface area (Å²) in [5, 5.41) is 3.04. The number of hydrogen-bond donors (Lipinski definition) is 1. The Bertz CT molecular complexity index is 1250. The molecule has 0 aromatic heterocycles. The van der Waals surface area contributed by atoms with E-state index in [4.69, 9.17) is 9.47 Å². The molecule has 0 saturated heterocycles. The van der Waals surface area contributed by atoms with Crippen molar-refractivity contribution in [1.29, 1.82) is 0 Å². The van der Waals surface area contributed by atoms with Gasteiger partial charge in [-0.3, -0.25) is 9.59 Å². The van der Waals surface area contributed by atoms with E-state index in [0.717, 1.165) is 11.1 Å². The molecule has 5 rings (SSSR count). The van der Waals surface area contributed by atoms with Crippen LogP contribution in [-0.2, 0) is 9.59 Å². The molecule has 0 spiro atoms. The Labute approximate surface area is 198 Å². The Morgan fingerprint density at radius 1 is 1.06 bits per heavy atom. The molecule has 2 amide bonds. The lowest BCUT2D eigenvalue weighted by molar-refractivity contribution is -0.127. The van der Waals surface area contributed by atoms with Crippen LogP contribution in [0.1, 0.15) is 30.9 Å². The van der Waals surface area contributed by atoms with Crippen LogP contribution in [0.25, 0.3) is 0 Å². The fourth-order valence-corrected chi connectivity index (χ4v) is 4.44. The molecule has 0 unspecified atom stereocenters. The number of benzene rings is 3. The molecule has 0 saturated carbocycles. The molecule has 6 nitrogen and oxygen atoms in total. The maximum absolute atomic E-state index is 13.6. The number of nitrogens with one attached hydrogen (secondary N) is 1. The second-order valence-corrected chi connectivity index (χ2v) is 9.16. The molecule has 0 atom stereocenters. The number of anilines is 2. The average molecular weight is 455 g/mol. The molecule has 34 heavy (non-hydrogen) atoms. The van der Waals surface area contributed by atoms with Gasteiger partial charge in [-0.1, -0.05) is 42.5 Å². The van der Waals surface area contributed by atoms with E-state index in [2.05, 4.69) is 11.9 Å². The molecular weight excluding hydrogens is 428 g/mol. The summed E-state index contributed by atoms with van der Waals surface area (Å²) in [6.45, 7) is 8.12. The summed E-state index contributed by atoms with van der Waals surface area (Å²) in [6, 6.07) is 20.5. The van der Waals surface area contributed by atoms with Crippen molar-refractivity contribution < 1.29 is 19.1 Å². The average Bonchev–Trinajstić information content (AvgIpc) is 2.92. The van der Waals surface area contributed by atoms with Crippen LogP contribution in [0.4, 0.5) is 11.4 Å². The van der Waals surface area contributed by atoms with Crippen LogP contribution < -0.4 is 19.7 Å². The first-order chi connectivity index (χ1) is 16.4. The Morgan fingerprint density at radius 2 is 1.71 bits per heavy atom. The summed E-state index contributed by atoms with van der Waals surface area (Å²) >= 11 is 0. The van der Waals surface area contributed by atoms with Crippen LogP contribution in [0.15, 0.2) is 79.4 Å². The van der Waals surface area contributed by atoms with Gasteiger partial charge in [0.2, 0.25) is 11.8 Å². The van der Waals surface area contributed by atoms with Gasteiger partial charge < -0.3 is 19.7 Å². The van der Waals surface area contributed by atoms with Crippen molar-refractivity contribution in [2.75, 3.05) is 23.4 Å². The zero-order valence-electron chi connectivity index (χ0n) is 19.2. The normalized spacial score (nSPS) is 16.2. The van der Waals surface area contributed by atoms with Gasteiger partial charge in [0, 0.05) is 29.4 Å². The Balaban J connectivity index is 1.48. The van der Waals surface area contributed by atoms with Gasteiger partial charge in [0.25, 0.3) is 0 Å². The predicted octanol–water partition coefficient (Wildman–Crippen LogP) is 5.50. The standard InChI is InChI=1S/C28H26N2O4/c1-4-15-30-21-14-13-18(16-24(21)33-17-28(2,3)27(30)32)29-26(31)25-19-9-5-7-11-22(19)34-23-12-8-6-10-20(23)25/h4-14,16,25H,1,15,17H2,2-3H3,(H,29,31).